The number of nitrogens with zero attached hydrogens (tertiary/aromatic N) is 1. The maximum absolute atomic E-state index is 12.4. The Balaban J connectivity index is 2.54. The summed E-state index contributed by atoms with van der Waals surface area (Å²) in [6.07, 6.45) is -1.64. The minimum atomic E-state index is -4.34. The summed E-state index contributed by atoms with van der Waals surface area (Å²) in [5.74, 6) is 1.06. The van der Waals surface area contributed by atoms with Crippen molar-refractivity contribution in [1.29, 1.82) is 0 Å². The highest BCUT2D eigenvalue weighted by atomic mass is 35.5. The topological polar surface area (TPSA) is 24.9 Å². The van der Waals surface area contributed by atoms with Gasteiger partial charge in [-0.2, -0.15) is 13.2 Å². The van der Waals surface area contributed by atoms with Crippen LogP contribution < -0.4 is 5.32 Å². The third kappa shape index (κ3) is 5.68. The van der Waals surface area contributed by atoms with E-state index >= 15 is 0 Å². The summed E-state index contributed by atoms with van der Waals surface area (Å²) < 4.78 is 37.1. The molecule has 2 nitrogen and oxygen atoms in total. The second kappa shape index (κ2) is 6.46. The summed E-state index contributed by atoms with van der Waals surface area (Å²) in [7, 11) is 0. The third-order valence-corrected chi connectivity index (χ3v) is 3.09. The van der Waals surface area contributed by atoms with Gasteiger partial charge < -0.3 is 5.32 Å². The molecule has 1 aromatic rings. The number of anilines is 1. The summed E-state index contributed by atoms with van der Waals surface area (Å²) in [4.78, 5) is 3.77. The molecule has 1 N–H and O–H groups in total. The first-order chi connectivity index (χ1) is 8.74. The van der Waals surface area contributed by atoms with Crippen LogP contribution in [-0.4, -0.2) is 17.4 Å². The molecule has 1 heterocycles. The molecule has 0 aliphatic heterocycles. The highest BCUT2D eigenvalue weighted by molar-refractivity contribution is 6.17. The summed E-state index contributed by atoms with van der Waals surface area (Å²) in [6.45, 7) is 4.80. The largest absolute Gasteiger partial charge is 0.417 e. The number of nitrogens with one attached hydrogen (secondary N) is 1. The van der Waals surface area contributed by atoms with Gasteiger partial charge in [0.2, 0.25) is 0 Å². The Kier molecular flexibility index (Phi) is 5.47. The van der Waals surface area contributed by atoms with E-state index in [1.54, 1.807) is 0 Å². The lowest BCUT2D eigenvalue weighted by molar-refractivity contribution is -0.137. The van der Waals surface area contributed by atoms with Gasteiger partial charge in [0.1, 0.15) is 5.82 Å². The van der Waals surface area contributed by atoms with Gasteiger partial charge in [-0.1, -0.05) is 13.8 Å². The van der Waals surface area contributed by atoms with Gasteiger partial charge >= 0.3 is 6.18 Å². The van der Waals surface area contributed by atoms with Gasteiger partial charge in [0.25, 0.3) is 0 Å². The van der Waals surface area contributed by atoms with Gasteiger partial charge in [-0.05, 0) is 30.4 Å². The lowest BCUT2D eigenvalue weighted by Gasteiger charge is -2.24. The Bertz CT molecular complexity index is 388. The van der Waals surface area contributed by atoms with E-state index in [-0.39, 0.29) is 5.41 Å². The fourth-order valence-corrected chi connectivity index (χ4v) is 1.76. The Morgan fingerprint density at radius 1 is 1.26 bits per heavy atom. The lowest BCUT2D eigenvalue weighted by Crippen LogP contribution is -2.23. The minimum Gasteiger partial charge on any atom is -0.370 e. The van der Waals surface area contributed by atoms with Crippen LogP contribution in [0.2, 0.25) is 0 Å². The van der Waals surface area contributed by atoms with Gasteiger partial charge in [-0.15, -0.1) is 11.6 Å². The van der Waals surface area contributed by atoms with E-state index in [1.807, 2.05) is 0 Å². The molecule has 108 valence electrons. The van der Waals surface area contributed by atoms with Crippen LogP contribution in [-0.2, 0) is 6.18 Å². The molecule has 1 rings (SSSR count). The van der Waals surface area contributed by atoms with E-state index in [9.17, 15) is 13.2 Å². The Morgan fingerprint density at radius 2 is 1.95 bits per heavy atom. The average molecular weight is 295 g/mol. The summed E-state index contributed by atoms with van der Waals surface area (Å²) in [6, 6.07) is 2.38. The summed E-state index contributed by atoms with van der Waals surface area (Å²) >= 11 is 5.65. The van der Waals surface area contributed by atoms with Crippen LogP contribution in [0.25, 0.3) is 0 Å². The number of hydrogen-bond donors (Lipinski definition) is 1. The number of halogens is 4. The number of hydrogen-bond acceptors (Lipinski definition) is 2. The predicted octanol–water partition coefficient (Wildman–Crippen LogP) is 4.56. The molecule has 0 aromatic carbocycles. The van der Waals surface area contributed by atoms with E-state index in [0.717, 1.165) is 25.1 Å². The molecule has 0 amide bonds. The second-order valence-electron chi connectivity index (χ2n) is 5.24. The first kappa shape index (κ1) is 16.1. The number of aromatic nitrogens is 1. The van der Waals surface area contributed by atoms with Crippen LogP contribution in [0.4, 0.5) is 19.0 Å². The van der Waals surface area contributed by atoms with Crippen molar-refractivity contribution in [3.63, 3.8) is 0 Å². The number of pyridine rings is 1. The quantitative estimate of drug-likeness (QED) is 0.778. The lowest BCUT2D eigenvalue weighted by atomic mass is 9.88. The van der Waals surface area contributed by atoms with Gasteiger partial charge in [0.15, 0.2) is 0 Å². The van der Waals surface area contributed by atoms with Crippen molar-refractivity contribution in [3.05, 3.63) is 23.9 Å². The monoisotopic (exact) mass is 294 g/mol. The molecule has 0 aliphatic carbocycles. The zero-order valence-electron chi connectivity index (χ0n) is 11.0. The Morgan fingerprint density at radius 3 is 2.42 bits per heavy atom. The molecule has 0 spiro atoms. The molecular weight excluding hydrogens is 277 g/mol. The fourth-order valence-electron chi connectivity index (χ4n) is 1.63. The minimum absolute atomic E-state index is 0.0271. The van der Waals surface area contributed by atoms with E-state index in [0.29, 0.717) is 18.2 Å². The molecule has 0 fully saturated rings. The summed E-state index contributed by atoms with van der Waals surface area (Å²) in [5, 5.41) is 3.05. The fraction of sp³-hybridized carbons (Fsp3) is 0.615. The molecule has 19 heavy (non-hydrogen) atoms. The van der Waals surface area contributed by atoms with Gasteiger partial charge in [0.05, 0.1) is 5.56 Å². The summed E-state index contributed by atoms with van der Waals surface area (Å²) in [5.41, 5.74) is -0.710. The molecule has 0 atom stereocenters. The zero-order valence-corrected chi connectivity index (χ0v) is 11.8. The van der Waals surface area contributed by atoms with Gasteiger partial charge in [-0.25, -0.2) is 4.98 Å². The van der Waals surface area contributed by atoms with Crippen LogP contribution in [0.5, 0.6) is 0 Å². The molecule has 6 heteroatoms. The average Bonchev–Trinajstić information content (AvgIpc) is 2.34. The highest BCUT2D eigenvalue weighted by Crippen LogP contribution is 2.29. The zero-order chi connectivity index (χ0) is 14.5. The number of rotatable bonds is 6. The van der Waals surface area contributed by atoms with Crippen LogP contribution in [0.15, 0.2) is 18.3 Å². The highest BCUT2D eigenvalue weighted by Gasteiger charge is 2.30. The molecule has 0 saturated carbocycles. The maximum Gasteiger partial charge on any atom is 0.417 e. The van der Waals surface area contributed by atoms with Crippen molar-refractivity contribution < 1.29 is 13.2 Å². The van der Waals surface area contributed by atoms with Crippen molar-refractivity contribution in [1.82, 2.24) is 4.98 Å². The van der Waals surface area contributed by atoms with E-state index in [4.69, 9.17) is 11.6 Å². The standard InChI is InChI=1S/C13H18ClF3N2/c1-12(2,6-3-7-14)9-19-11-5-4-10(8-18-11)13(15,16)17/h4-5,8H,3,6-7,9H2,1-2H3,(H,18,19). The van der Waals surface area contributed by atoms with E-state index in [1.165, 1.54) is 6.07 Å². The van der Waals surface area contributed by atoms with Crippen molar-refractivity contribution in [2.75, 3.05) is 17.7 Å². The van der Waals surface area contributed by atoms with Crippen molar-refractivity contribution >= 4 is 17.4 Å². The molecular formula is C13H18ClF3N2. The molecule has 1 aromatic heterocycles. The van der Waals surface area contributed by atoms with Crippen LogP contribution >= 0.6 is 11.6 Å². The van der Waals surface area contributed by atoms with Crippen LogP contribution in [0.1, 0.15) is 32.3 Å². The Hall–Kier alpha value is -0.970. The van der Waals surface area contributed by atoms with Crippen molar-refractivity contribution in [3.8, 4) is 0 Å². The number of alkyl halides is 4. The van der Waals surface area contributed by atoms with Crippen molar-refractivity contribution in [2.45, 2.75) is 32.9 Å². The van der Waals surface area contributed by atoms with E-state index < -0.39 is 11.7 Å². The van der Waals surface area contributed by atoms with Crippen LogP contribution in [0, 0.1) is 5.41 Å². The third-order valence-electron chi connectivity index (χ3n) is 2.83. The molecule has 0 saturated heterocycles. The van der Waals surface area contributed by atoms with Gasteiger partial charge in [0, 0.05) is 18.6 Å². The van der Waals surface area contributed by atoms with Gasteiger partial charge in [-0.3, -0.25) is 0 Å². The SMILES string of the molecule is CC(C)(CCCCl)CNc1ccc(C(F)(F)F)cn1. The molecule has 0 radical (unpaired) electrons. The van der Waals surface area contributed by atoms with Crippen molar-refractivity contribution in [2.24, 2.45) is 5.41 Å². The molecule has 0 bridgehead atoms. The van der Waals surface area contributed by atoms with E-state index in [2.05, 4.69) is 24.1 Å². The molecule has 0 aliphatic rings. The first-order valence-corrected chi connectivity index (χ1v) is 6.61. The predicted molar refractivity (Wildman–Crippen MR) is 71.5 cm³/mol. The smallest absolute Gasteiger partial charge is 0.370 e. The van der Waals surface area contributed by atoms with Crippen LogP contribution in [0.3, 0.4) is 0 Å². The molecule has 0 unspecified atom stereocenters. The second-order valence-corrected chi connectivity index (χ2v) is 5.62. The first-order valence-electron chi connectivity index (χ1n) is 6.08. The normalized spacial score (nSPS) is 12.5. The Labute approximate surface area is 116 Å². The maximum atomic E-state index is 12.4.